The Kier molecular flexibility index (Phi) is 3.73. The Labute approximate surface area is 137 Å². The summed E-state index contributed by atoms with van der Waals surface area (Å²) in [5, 5.41) is 11.2. The molecule has 4 rings (SSSR count). The number of fused-ring (bicyclic) bond motifs is 2. The molecule has 0 saturated carbocycles. The number of para-hydroxylation sites is 1. The molecule has 2 aromatic carbocycles. The Hall–Kier alpha value is -2.37. The van der Waals surface area contributed by atoms with E-state index in [0.29, 0.717) is 0 Å². The first-order valence-electron chi connectivity index (χ1n) is 7.39. The number of pyridine rings is 1. The molecular formula is C18H15N3OS. The lowest BCUT2D eigenvalue weighted by atomic mass is 10.2. The van der Waals surface area contributed by atoms with Crippen LogP contribution >= 0.6 is 11.8 Å². The SMILES string of the molecule is OCc1ccc2nc(SCc3ccc4ccccc4n3)[nH]c2c1. The largest absolute Gasteiger partial charge is 0.392 e. The maximum Gasteiger partial charge on any atom is 0.166 e. The third-order valence-corrected chi connectivity index (χ3v) is 4.63. The van der Waals surface area contributed by atoms with E-state index in [-0.39, 0.29) is 6.61 Å². The third kappa shape index (κ3) is 2.93. The Morgan fingerprint density at radius 2 is 1.87 bits per heavy atom. The summed E-state index contributed by atoms with van der Waals surface area (Å²) >= 11 is 1.63. The summed E-state index contributed by atoms with van der Waals surface area (Å²) in [6.45, 7) is 0.0401. The molecule has 23 heavy (non-hydrogen) atoms. The van der Waals surface area contributed by atoms with Gasteiger partial charge in [-0.25, -0.2) is 4.98 Å². The lowest BCUT2D eigenvalue weighted by Gasteiger charge is -2.01. The minimum absolute atomic E-state index is 0.0401. The first-order valence-corrected chi connectivity index (χ1v) is 8.37. The molecule has 114 valence electrons. The molecule has 0 atom stereocenters. The Morgan fingerprint density at radius 3 is 2.78 bits per heavy atom. The number of benzene rings is 2. The number of rotatable bonds is 4. The van der Waals surface area contributed by atoms with Gasteiger partial charge in [-0.05, 0) is 29.8 Å². The second-order valence-electron chi connectivity index (χ2n) is 5.34. The summed E-state index contributed by atoms with van der Waals surface area (Å²) in [4.78, 5) is 12.5. The molecule has 0 fully saturated rings. The summed E-state index contributed by atoms with van der Waals surface area (Å²) in [6.07, 6.45) is 0. The lowest BCUT2D eigenvalue weighted by molar-refractivity contribution is 0.282. The van der Waals surface area contributed by atoms with Gasteiger partial charge in [0.15, 0.2) is 5.16 Å². The molecule has 2 heterocycles. The third-order valence-electron chi connectivity index (χ3n) is 3.72. The molecule has 2 N–H and O–H groups in total. The van der Waals surface area contributed by atoms with E-state index in [0.717, 1.165) is 44.1 Å². The van der Waals surface area contributed by atoms with Gasteiger partial charge in [0.05, 0.1) is 28.9 Å². The zero-order valence-corrected chi connectivity index (χ0v) is 13.2. The number of aliphatic hydroxyl groups is 1. The molecule has 2 aromatic heterocycles. The van der Waals surface area contributed by atoms with Crippen molar-refractivity contribution in [1.82, 2.24) is 15.0 Å². The van der Waals surface area contributed by atoms with E-state index >= 15 is 0 Å². The van der Waals surface area contributed by atoms with Gasteiger partial charge in [0.25, 0.3) is 0 Å². The van der Waals surface area contributed by atoms with Crippen molar-refractivity contribution in [3.05, 3.63) is 65.9 Å². The molecule has 0 amide bonds. The quantitative estimate of drug-likeness (QED) is 0.560. The number of aliphatic hydroxyl groups excluding tert-OH is 1. The van der Waals surface area contributed by atoms with Gasteiger partial charge in [-0.3, -0.25) is 4.98 Å². The maximum atomic E-state index is 9.19. The van der Waals surface area contributed by atoms with Crippen LogP contribution in [-0.2, 0) is 12.4 Å². The average molecular weight is 321 g/mol. The predicted octanol–water partition coefficient (Wildman–Crippen LogP) is 3.90. The van der Waals surface area contributed by atoms with Gasteiger partial charge in [0.2, 0.25) is 0 Å². The minimum atomic E-state index is 0.0401. The predicted molar refractivity (Wildman–Crippen MR) is 93.3 cm³/mol. The van der Waals surface area contributed by atoms with E-state index in [1.165, 1.54) is 0 Å². The fourth-order valence-corrected chi connectivity index (χ4v) is 3.32. The molecule has 0 aliphatic carbocycles. The van der Waals surface area contributed by atoms with Crippen molar-refractivity contribution in [2.75, 3.05) is 0 Å². The first-order chi connectivity index (χ1) is 11.3. The number of nitrogens with one attached hydrogen (secondary N) is 1. The molecule has 0 aliphatic rings. The van der Waals surface area contributed by atoms with Crippen LogP contribution in [0.1, 0.15) is 11.3 Å². The Morgan fingerprint density at radius 1 is 0.957 bits per heavy atom. The van der Waals surface area contributed by atoms with Crippen molar-refractivity contribution in [1.29, 1.82) is 0 Å². The van der Waals surface area contributed by atoms with Crippen LogP contribution in [0.15, 0.2) is 59.8 Å². The zero-order valence-electron chi connectivity index (χ0n) is 12.4. The summed E-state index contributed by atoms with van der Waals surface area (Å²) in [5.74, 6) is 0.761. The highest BCUT2D eigenvalue weighted by molar-refractivity contribution is 7.98. The summed E-state index contributed by atoms with van der Waals surface area (Å²) in [6, 6.07) is 18.0. The van der Waals surface area contributed by atoms with Crippen LogP contribution in [-0.4, -0.2) is 20.1 Å². The second kappa shape index (κ2) is 6.02. The maximum absolute atomic E-state index is 9.19. The van der Waals surface area contributed by atoms with Crippen molar-refractivity contribution in [3.63, 3.8) is 0 Å². The zero-order chi connectivity index (χ0) is 15.6. The molecular weight excluding hydrogens is 306 g/mol. The van der Waals surface area contributed by atoms with Crippen LogP contribution in [0.5, 0.6) is 0 Å². The number of aromatic amines is 1. The number of nitrogens with zero attached hydrogens (tertiary/aromatic N) is 2. The molecule has 4 aromatic rings. The standard InChI is InChI=1S/C18H15N3OS/c22-10-12-5-8-16-17(9-12)21-18(20-16)23-11-14-7-6-13-3-1-2-4-15(13)19-14/h1-9,22H,10-11H2,(H,20,21). The summed E-state index contributed by atoms with van der Waals surface area (Å²) in [7, 11) is 0. The van der Waals surface area contributed by atoms with Crippen LogP contribution in [0.4, 0.5) is 0 Å². The van der Waals surface area contributed by atoms with E-state index in [4.69, 9.17) is 0 Å². The van der Waals surface area contributed by atoms with Gasteiger partial charge in [-0.15, -0.1) is 0 Å². The van der Waals surface area contributed by atoms with E-state index < -0.39 is 0 Å². The van der Waals surface area contributed by atoms with Crippen molar-refractivity contribution < 1.29 is 5.11 Å². The Bertz CT molecular complexity index is 980. The van der Waals surface area contributed by atoms with Crippen molar-refractivity contribution >= 4 is 33.7 Å². The fraction of sp³-hybridized carbons (Fsp3) is 0.111. The topological polar surface area (TPSA) is 61.8 Å². The van der Waals surface area contributed by atoms with Gasteiger partial charge in [-0.2, -0.15) is 0 Å². The highest BCUT2D eigenvalue weighted by Crippen LogP contribution is 2.24. The summed E-state index contributed by atoms with van der Waals surface area (Å²) < 4.78 is 0. The number of imidazole rings is 1. The smallest absolute Gasteiger partial charge is 0.166 e. The lowest BCUT2D eigenvalue weighted by Crippen LogP contribution is -1.88. The summed E-state index contributed by atoms with van der Waals surface area (Å²) in [5.41, 5.74) is 4.79. The number of hydrogen-bond acceptors (Lipinski definition) is 4. The van der Waals surface area contributed by atoms with Crippen LogP contribution in [0.2, 0.25) is 0 Å². The second-order valence-corrected chi connectivity index (χ2v) is 6.30. The van der Waals surface area contributed by atoms with Crippen LogP contribution in [0, 0.1) is 0 Å². The number of aromatic nitrogens is 3. The molecule has 0 unspecified atom stereocenters. The monoisotopic (exact) mass is 321 g/mol. The van der Waals surface area contributed by atoms with E-state index in [1.807, 2.05) is 36.4 Å². The average Bonchev–Trinajstić information content (AvgIpc) is 3.01. The Balaban J connectivity index is 1.55. The van der Waals surface area contributed by atoms with E-state index in [2.05, 4.69) is 33.2 Å². The molecule has 4 nitrogen and oxygen atoms in total. The van der Waals surface area contributed by atoms with Crippen molar-refractivity contribution in [3.8, 4) is 0 Å². The molecule has 0 radical (unpaired) electrons. The molecule has 0 spiro atoms. The molecule has 0 saturated heterocycles. The molecule has 5 heteroatoms. The molecule has 0 aliphatic heterocycles. The van der Waals surface area contributed by atoms with E-state index in [1.54, 1.807) is 11.8 Å². The van der Waals surface area contributed by atoms with E-state index in [9.17, 15) is 5.11 Å². The fourth-order valence-electron chi connectivity index (χ4n) is 2.53. The van der Waals surface area contributed by atoms with Gasteiger partial charge < -0.3 is 10.1 Å². The van der Waals surface area contributed by atoms with Crippen molar-refractivity contribution in [2.24, 2.45) is 0 Å². The first kappa shape index (κ1) is 14.2. The van der Waals surface area contributed by atoms with Gasteiger partial charge >= 0.3 is 0 Å². The minimum Gasteiger partial charge on any atom is -0.392 e. The number of H-pyrrole nitrogens is 1. The highest BCUT2D eigenvalue weighted by atomic mass is 32.2. The van der Waals surface area contributed by atoms with Crippen LogP contribution in [0.3, 0.4) is 0 Å². The molecule has 0 bridgehead atoms. The number of hydrogen-bond donors (Lipinski definition) is 2. The van der Waals surface area contributed by atoms with Gasteiger partial charge in [0, 0.05) is 11.1 Å². The number of thioether (sulfide) groups is 1. The van der Waals surface area contributed by atoms with Gasteiger partial charge in [0.1, 0.15) is 0 Å². The van der Waals surface area contributed by atoms with Crippen LogP contribution in [0.25, 0.3) is 21.9 Å². The normalized spacial score (nSPS) is 11.3. The highest BCUT2D eigenvalue weighted by Gasteiger charge is 2.06. The van der Waals surface area contributed by atoms with Crippen molar-refractivity contribution in [2.45, 2.75) is 17.5 Å². The van der Waals surface area contributed by atoms with Gasteiger partial charge in [-0.1, -0.05) is 42.1 Å². The van der Waals surface area contributed by atoms with Crippen LogP contribution < -0.4 is 0 Å².